The molecule has 1 nitrogen and oxygen atoms in total. The fourth-order valence-corrected chi connectivity index (χ4v) is 3.51. The molecule has 1 heteroatoms. The topological polar surface area (TPSA) is 12.9 Å². The Morgan fingerprint density at radius 3 is 2.32 bits per heavy atom. The molecule has 0 spiro atoms. The predicted molar refractivity (Wildman–Crippen MR) is 92.0 cm³/mol. The summed E-state index contributed by atoms with van der Waals surface area (Å²) < 4.78 is 0. The summed E-state index contributed by atoms with van der Waals surface area (Å²) in [7, 11) is 0. The van der Waals surface area contributed by atoms with Gasteiger partial charge in [0.05, 0.1) is 5.69 Å². The van der Waals surface area contributed by atoms with Crippen molar-refractivity contribution in [2.45, 2.75) is 26.2 Å². The molecule has 22 heavy (non-hydrogen) atoms. The number of rotatable bonds is 1. The zero-order valence-corrected chi connectivity index (χ0v) is 13.2. The van der Waals surface area contributed by atoms with Gasteiger partial charge < -0.3 is 0 Å². The van der Waals surface area contributed by atoms with E-state index >= 15 is 0 Å². The lowest BCUT2D eigenvalue weighted by Crippen LogP contribution is -2.15. The van der Waals surface area contributed by atoms with Crippen molar-refractivity contribution < 1.29 is 0 Å². The van der Waals surface area contributed by atoms with Crippen LogP contribution in [0.15, 0.2) is 60.8 Å². The minimum absolute atomic E-state index is 0.0309. The van der Waals surface area contributed by atoms with Crippen LogP contribution in [0.25, 0.3) is 22.4 Å². The quantitative estimate of drug-likeness (QED) is 0.586. The van der Waals surface area contributed by atoms with E-state index in [1.807, 2.05) is 12.3 Å². The van der Waals surface area contributed by atoms with Gasteiger partial charge in [-0.3, -0.25) is 4.98 Å². The molecule has 0 bridgehead atoms. The van der Waals surface area contributed by atoms with E-state index in [9.17, 15) is 0 Å². The standard InChI is InChI=1S/C21H19N/c1-14-9-10-16-17-13-22-20(15-7-5-4-6-8-15)12-19(17)21(2,3)18(16)11-14/h4-13H,1-3H3. The fraction of sp³-hybridized carbons (Fsp3) is 0.190. The van der Waals surface area contributed by atoms with Gasteiger partial charge in [0, 0.05) is 22.7 Å². The van der Waals surface area contributed by atoms with Gasteiger partial charge in [-0.2, -0.15) is 0 Å². The first kappa shape index (κ1) is 13.3. The molecule has 4 rings (SSSR count). The molecule has 0 fully saturated rings. The number of fused-ring (bicyclic) bond motifs is 3. The van der Waals surface area contributed by atoms with E-state index in [4.69, 9.17) is 4.98 Å². The van der Waals surface area contributed by atoms with Gasteiger partial charge in [0.1, 0.15) is 0 Å². The third-order valence-electron chi connectivity index (χ3n) is 4.79. The van der Waals surface area contributed by atoms with Crippen LogP contribution in [0.4, 0.5) is 0 Å². The van der Waals surface area contributed by atoms with E-state index in [0.29, 0.717) is 0 Å². The Morgan fingerprint density at radius 2 is 1.55 bits per heavy atom. The maximum atomic E-state index is 4.71. The molecule has 1 heterocycles. The van der Waals surface area contributed by atoms with E-state index in [1.165, 1.54) is 33.4 Å². The molecule has 1 aliphatic carbocycles. The number of hydrogen-bond donors (Lipinski definition) is 0. The zero-order chi connectivity index (χ0) is 15.3. The van der Waals surface area contributed by atoms with E-state index < -0.39 is 0 Å². The molecule has 0 unspecified atom stereocenters. The summed E-state index contributed by atoms with van der Waals surface area (Å²) in [6, 6.07) is 19.4. The van der Waals surface area contributed by atoms with Gasteiger partial charge in [0.2, 0.25) is 0 Å². The Bertz CT molecular complexity index is 860. The highest BCUT2D eigenvalue weighted by molar-refractivity contribution is 5.82. The van der Waals surface area contributed by atoms with Crippen molar-refractivity contribution in [1.29, 1.82) is 0 Å². The van der Waals surface area contributed by atoms with Gasteiger partial charge in [0.15, 0.2) is 0 Å². The minimum atomic E-state index is 0.0309. The number of aromatic nitrogens is 1. The highest BCUT2D eigenvalue weighted by Crippen LogP contribution is 2.49. The number of aryl methyl sites for hydroxylation is 1. The van der Waals surface area contributed by atoms with Gasteiger partial charge >= 0.3 is 0 Å². The lowest BCUT2D eigenvalue weighted by Gasteiger charge is -2.22. The molecule has 0 radical (unpaired) electrons. The minimum Gasteiger partial charge on any atom is -0.256 e. The Balaban J connectivity index is 1.93. The second kappa shape index (κ2) is 4.54. The Labute approximate surface area is 131 Å². The summed E-state index contributed by atoms with van der Waals surface area (Å²) in [5, 5.41) is 0. The van der Waals surface area contributed by atoms with E-state index in [2.05, 4.69) is 69.3 Å². The summed E-state index contributed by atoms with van der Waals surface area (Å²) in [4.78, 5) is 4.71. The first-order valence-corrected chi connectivity index (χ1v) is 7.75. The van der Waals surface area contributed by atoms with Gasteiger partial charge in [0.25, 0.3) is 0 Å². The second-order valence-electron chi connectivity index (χ2n) is 6.66. The van der Waals surface area contributed by atoms with Crippen molar-refractivity contribution in [3.63, 3.8) is 0 Å². The van der Waals surface area contributed by atoms with Crippen LogP contribution in [-0.2, 0) is 5.41 Å². The summed E-state index contributed by atoms with van der Waals surface area (Å²) >= 11 is 0. The molecule has 0 saturated carbocycles. The van der Waals surface area contributed by atoms with Crippen molar-refractivity contribution >= 4 is 0 Å². The summed E-state index contributed by atoms with van der Waals surface area (Å²) in [5.74, 6) is 0. The maximum Gasteiger partial charge on any atom is 0.0705 e. The lowest BCUT2D eigenvalue weighted by molar-refractivity contribution is 0.659. The number of hydrogen-bond acceptors (Lipinski definition) is 1. The van der Waals surface area contributed by atoms with Crippen molar-refractivity contribution in [3.05, 3.63) is 77.5 Å². The van der Waals surface area contributed by atoms with E-state index in [0.717, 1.165) is 5.69 Å². The summed E-state index contributed by atoms with van der Waals surface area (Å²) in [5.41, 5.74) is 8.97. The van der Waals surface area contributed by atoms with Crippen LogP contribution in [0.1, 0.15) is 30.5 Å². The second-order valence-corrected chi connectivity index (χ2v) is 6.66. The molecular formula is C21H19N. The van der Waals surface area contributed by atoms with Gasteiger partial charge in [-0.25, -0.2) is 0 Å². The van der Waals surface area contributed by atoms with E-state index in [-0.39, 0.29) is 5.41 Å². The third kappa shape index (κ3) is 1.82. The van der Waals surface area contributed by atoms with Crippen LogP contribution in [0.3, 0.4) is 0 Å². The molecule has 2 aromatic carbocycles. The SMILES string of the molecule is Cc1ccc2c(c1)C(C)(C)c1cc(-c3ccccc3)ncc1-2. The Morgan fingerprint density at radius 1 is 0.818 bits per heavy atom. The van der Waals surface area contributed by atoms with E-state index in [1.54, 1.807) is 0 Å². The Hall–Kier alpha value is -2.41. The van der Waals surface area contributed by atoms with Crippen LogP contribution in [-0.4, -0.2) is 4.98 Å². The number of benzene rings is 2. The van der Waals surface area contributed by atoms with Crippen LogP contribution in [0.2, 0.25) is 0 Å². The monoisotopic (exact) mass is 285 g/mol. The van der Waals surface area contributed by atoms with Crippen molar-refractivity contribution in [3.8, 4) is 22.4 Å². The van der Waals surface area contributed by atoms with Crippen LogP contribution < -0.4 is 0 Å². The molecule has 0 aliphatic heterocycles. The van der Waals surface area contributed by atoms with Crippen LogP contribution >= 0.6 is 0 Å². The average Bonchev–Trinajstić information content (AvgIpc) is 2.76. The molecule has 0 saturated heterocycles. The van der Waals surface area contributed by atoms with Gasteiger partial charge in [-0.1, -0.05) is 67.9 Å². The molecule has 0 amide bonds. The first-order chi connectivity index (χ1) is 10.6. The lowest BCUT2D eigenvalue weighted by atomic mass is 9.82. The average molecular weight is 285 g/mol. The normalized spacial score (nSPS) is 14.5. The highest BCUT2D eigenvalue weighted by Gasteiger charge is 2.35. The summed E-state index contributed by atoms with van der Waals surface area (Å²) in [6.07, 6.45) is 2.04. The van der Waals surface area contributed by atoms with Crippen LogP contribution in [0, 0.1) is 6.92 Å². The van der Waals surface area contributed by atoms with Crippen LogP contribution in [0.5, 0.6) is 0 Å². The number of nitrogens with zero attached hydrogens (tertiary/aromatic N) is 1. The first-order valence-electron chi connectivity index (χ1n) is 7.75. The van der Waals surface area contributed by atoms with Crippen molar-refractivity contribution in [1.82, 2.24) is 4.98 Å². The molecular weight excluding hydrogens is 266 g/mol. The predicted octanol–water partition coefficient (Wildman–Crippen LogP) is 5.36. The fourth-order valence-electron chi connectivity index (χ4n) is 3.51. The Kier molecular flexibility index (Phi) is 2.74. The molecule has 0 N–H and O–H groups in total. The van der Waals surface area contributed by atoms with Crippen molar-refractivity contribution in [2.75, 3.05) is 0 Å². The largest absolute Gasteiger partial charge is 0.256 e. The number of pyridine rings is 1. The van der Waals surface area contributed by atoms with Gasteiger partial charge in [-0.15, -0.1) is 0 Å². The molecule has 3 aromatic rings. The van der Waals surface area contributed by atoms with Gasteiger partial charge in [-0.05, 0) is 29.7 Å². The van der Waals surface area contributed by atoms with Crippen molar-refractivity contribution in [2.24, 2.45) is 0 Å². The molecule has 1 aromatic heterocycles. The summed E-state index contributed by atoms with van der Waals surface area (Å²) in [6.45, 7) is 6.78. The maximum absolute atomic E-state index is 4.71. The molecule has 0 atom stereocenters. The third-order valence-corrected chi connectivity index (χ3v) is 4.79. The highest BCUT2D eigenvalue weighted by atomic mass is 14.7. The smallest absolute Gasteiger partial charge is 0.0705 e. The molecule has 1 aliphatic rings. The molecule has 108 valence electrons. The zero-order valence-electron chi connectivity index (χ0n) is 13.2.